The van der Waals surface area contributed by atoms with Crippen LogP contribution < -0.4 is 5.32 Å². The van der Waals surface area contributed by atoms with E-state index in [0.29, 0.717) is 30.7 Å². The van der Waals surface area contributed by atoms with Crippen molar-refractivity contribution in [3.63, 3.8) is 0 Å². The zero-order chi connectivity index (χ0) is 16.3. The van der Waals surface area contributed by atoms with Crippen LogP contribution in [-0.4, -0.2) is 23.2 Å². The fraction of sp³-hybridized carbons (Fsp3) is 0.316. The third-order valence-corrected chi connectivity index (χ3v) is 4.54. The minimum Gasteiger partial charge on any atom is -0.387 e. The van der Waals surface area contributed by atoms with E-state index < -0.39 is 5.60 Å². The highest BCUT2D eigenvalue weighted by Crippen LogP contribution is 2.29. The predicted molar refractivity (Wildman–Crippen MR) is 91.6 cm³/mol. The molecule has 3 nitrogen and oxygen atoms in total. The van der Waals surface area contributed by atoms with Gasteiger partial charge < -0.3 is 10.4 Å². The molecule has 0 bridgehead atoms. The summed E-state index contributed by atoms with van der Waals surface area (Å²) in [5, 5.41) is 14.2. The van der Waals surface area contributed by atoms with Crippen LogP contribution in [0, 0.1) is 0 Å². The molecule has 0 radical (unpaired) electrons. The molecule has 3 rings (SSSR count). The van der Waals surface area contributed by atoms with E-state index in [0.717, 1.165) is 5.56 Å². The minimum atomic E-state index is -0.866. The quantitative estimate of drug-likeness (QED) is 0.886. The summed E-state index contributed by atoms with van der Waals surface area (Å²) in [5.74, 6) is -0.0469. The van der Waals surface area contributed by atoms with Gasteiger partial charge in [0.15, 0.2) is 0 Å². The average Bonchev–Trinajstić information content (AvgIpc) is 2.88. The van der Waals surface area contributed by atoms with Gasteiger partial charge in [0, 0.05) is 30.8 Å². The number of aryl methyl sites for hydroxylation is 1. The molecule has 0 saturated heterocycles. The van der Waals surface area contributed by atoms with E-state index in [2.05, 4.69) is 5.32 Å². The monoisotopic (exact) mass is 329 g/mol. The van der Waals surface area contributed by atoms with Crippen LogP contribution in [0.3, 0.4) is 0 Å². The third kappa shape index (κ3) is 4.12. The summed E-state index contributed by atoms with van der Waals surface area (Å²) < 4.78 is 0. The minimum absolute atomic E-state index is 0.0469. The van der Waals surface area contributed by atoms with E-state index in [1.54, 1.807) is 0 Å². The van der Waals surface area contributed by atoms with E-state index >= 15 is 0 Å². The fourth-order valence-corrected chi connectivity index (χ4v) is 3.31. The van der Waals surface area contributed by atoms with Crippen LogP contribution in [0.2, 0.25) is 5.02 Å². The average molecular weight is 330 g/mol. The lowest BCUT2D eigenvalue weighted by atomic mass is 10.0. The molecule has 1 aliphatic carbocycles. The van der Waals surface area contributed by atoms with Crippen LogP contribution in [0.15, 0.2) is 48.5 Å². The second-order valence-corrected chi connectivity index (χ2v) is 6.69. The third-order valence-electron chi connectivity index (χ3n) is 4.30. The maximum atomic E-state index is 12.0. The smallest absolute Gasteiger partial charge is 0.220 e. The Hall–Kier alpha value is -1.84. The predicted octanol–water partition coefficient (Wildman–Crippen LogP) is 2.92. The first kappa shape index (κ1) is 16.0. The van der Waals surface area contributed by atoms with Crippen molar-refractivity contribution >= 4 is 17.5 Å². The SMILES string of the molecule is O=C(CCc1cccc(Cl)c1)NCC1(O)Cc2ccccc2C1. The summed E-state index contributed by atoms with van der Waals surface area (Å²) >= 11 is 5.94. The number of fused-ring (bicyclic) bond motifs is 1. The van der Waals surface area contributed by atoms with Crippen molar-refractivity contribution in [2.75, 3.05) is 6.54 Å². The summed E-state index contributed by atoms with van der Waals surface area (Å²) in [6.07, 6.45) is 2.23. The second-order valence-electron chi connectivity index (χ2n) is 6.25. The van der Waals surface area contributed by atoms with Gasteiger partial charge in [0.25, 0.3) is 0 Å². The Balaban J connectivity index is 1.48. The second kappa shape index (κ2) is 6.73. The molecular weight excluding hydrogens is 310 g/mol. The molecule has 0 heterocycles. The molecule has 0 spiro atoms. The summed E-state index contributed by atoms with van der Waals surface area (Å²) in [4.78, 5) is 12.0. The molecule has 2 aromatic carbocycles. The first-order valence-corrected chi connectivity index (χ1v) is 8.22. The van der Waals surface area contributed by atoms with Crippen LogP contribution in [0.1, 0.15) is 23.1 Å². The summed E-state index contributed by atoms with van der Waals surface area (Å²) in [7, 11) is 0. The number of carbonyl (C=O) groups is 1. The van der Waals surface area contributed by atoms with Crippen molar-refractivity contribution in [1.82, 2.24) is 5.32 Å². The zero-order valence-electron chi connectivity index (χ0n) is 12.9. The molecule has 0 saturated carbocycles. The van der Waals surface area contributed by atoms with Crippen molar-refractivity contribution in [3.05, 3.63) is 70.2 Å². The molecule has 0 aliphatic heterocycles. The number of benzene rings is 2. The van der Waals surface area contributed by atoms with Gasteiger partial charge >= 0.3 is 0 Å². The lowest BCUT2D eigenvalue weighted by molar-refractivity contribution is -0.122. The largest absolute Gasteiger partial charge is 0.387 e. The number of hydrogen-bond donors (Lipinski definition) is 2. The number of halogens is 1. The van der Waals surface area contributed by atoms with Crippen molar-refractivity contribution in [3.8, 4) is 0 Å². The summed E-state index contributed by atoms with van der Waals surface area (Å²) in [5.41, 5.74) is 2.51. The summed E-state index contributed by atoms with van der Waals surface area (Å²) in [6, 6.07) is 15.6. The van der Waals surface area contributed by atoms with Crippen LogP contribution in [0.5, 0.6) is 0 Å². The number of aliphatic hydroxyl groups is 1. The molecule has 120 valence electrons. The molecule has 2 N–H and O–H groups in total. The Labute approximate surface area is 141 Å². The Morgan fingerprint density at radius 2 is 1.83 bits per heavy atom. The molecule has 0 aromatic heterocycles. The number of nitrogens with one attached hydrogen (secondary N) is 1. The molecule has 23 heavy (non-hydrogen) atoms. The maximum Gasteiger partial charge on any atom is 0.220 e. The van der Waals surface area contributed by atoms with E-state index in [1.165, 1.54) is 11.1 Å². The first-order valence-electron chi connectivity index (χ1n) is 7.84. The van der Waals surface area contributed by atoms with Crippen molar-refractivity contribution in [2.24, 2.45) is 0 Å². The highest BCUT2D eigenvalue weighted by molar-refractivity contribution is 6.30. The number of rotatable bonds is 5. The van der Waals surface area contributed by atoms with Gasteiger partial charge in [0.2, 0.25) is 5.91 Å². The number of amides is 1. The van der Waals surface area contributed by atoms with E-state index in [-0.39, 0.29) is 12.5 Å². The Morgan fingerprint density at radius 1 is 1.13 bits per heavy atom. The van der Waals surface area contributed by atoms with Crippen LogP contribution in [-0.2, 0) is 24.1 Å². The topological polar surface area (TPSA) is 49.3 Å². The van der Waals surface area contributed by atoms with Gasteiger partial charge in [-0.1, -0.05) is 48.0 Å². The van der Waals surface area contributed by atoms with Crippen molar-refractivity contribution in [1.29, 1.82) is 0 Å². The van der Waals surface area contributed by atoms with Gasteiger partial charge in [-0.3, -0.25) is 4.79 Å². The number of carbonyl (C=O) groups excluding carboxylic acids is 1. The Kier molecular flexibility index (Phi) is 4.69. The summed E-state index contributed by atoms with van der Waals surface area (Å²) in [6.45, 7) is 0.288. The molecule has 1 aliphatic rings. The lowest BCUT2D eigenvalue weighted by Gasteiger charge is -2.22. The first-order chi connectivity index (χ1) is 11.0. The van der Waals surface area contributed by atoms with Gasteiger partial charge in [-0.15, -0.1) is 0 Å². The Morgan fingerprint density at radius 3 is 2.48 bits per heavy atom. The standard InChI is InChI=1S/C19H20ClNO2/c20-17-7-3-4-14(10-17)8-9-18(22)21-13-19(23)11-15-5-1-2-6-16(15)12-19/h1-7,10,23H,8-9,11-13H2,(H,21,22). The molecule has 0 unspecified atom stereocenters. The van der Waals surface area contributed by atoms with E-state index in [1.807, 2.05) is 48.5 Å². The number of hydrogen-bond acceptors (Lipinski definition) is 2. The van der Waals surface area contributed by atoms with Crippen molar-refractivity contribution < 1.29 is 9.90 Å². The lowest BCUT2D eigenvalue weighted by Crippen LogP contribution is -2.43. The molecular formula is C19H20ClNO2. The molecule has 1 amide bonds. The molecule has 0 fully saturated rings. The highest BCUT2D eigenvalue weighted by Gasteiger charge is 2.35. The van der Waals surface area contributed by atoms with Gasteiger partial charge in [-0.25, -0.2) is 0 Å². The van der Waals surface area contributed by atoms with E-state index in [4.69, 9.17) is 11.6 Å². The van der Waals surface area contributed by atoms with Crippen LogP contribution in [0.4, 0.5) is 0 Å². The molecule has 0 atom stereocenters. The van der Waals surface area contributed by atoms with Gasteiger partial charge in [-0.2, -0.15) is 0 Å². The normalized spacial score (nSPS) is 15.2. The Bertz CT molecular complexity index is 689. The maximum absolute atomic E-state index is 12.0. The highest BCUT2D eigenvalue weighted by atomic mass is 35.5. The molecule has 4 heteroatoms. The van der Waals surface area contributed by atoms with Crippen LogP contribution >= 0.6 is 11.6 Å². The molecule has 2 aromatic rings. The fourth-order valence-electron chi connectivity index (χ4n) is 3.10. The van der Waals surface area contributed by atoms with Crippen LogP contribution in [0.25, 0.3) is 0 Å². The van der Waals surface area contributed by atoms with Gasteiger partial charge in [-0.05, 0) is 35.2 Å². The van der Waals surface area contributed by atoms with Gasteiger partial charge in [0.05, 0.1) is 5.60 Å². The van der Waals surface area contributed by atoms with E-state index in [9.17, 15) is 9.90 Å². The van der Waals surface area contributed by atoms with Crippen molar-refractivity contribution in [2.45, 2.75) is 31.3 Å². The zero-order valence-corrected chi connectivity index (χ0v) is 13.6. The van der Waals surface area contributed by atoms with Gasteiger partial charge in [0.1, 0.15) is 0 Å².